The molecule has 1 aromatic carbocycles. The van der Waals surface area contributed by atoms with Gasteiger partial charge in [0.2, 0.25) is 5.76 Å². The van der Waals surface area contributed by atoms with E-state index in [2.05, 4.69) is 0 Å². The van der Waals surface area contributed by atoms with Crippen molar-refractivity contribution >= 4 is 22.9 Å². The minimum absolute atomic E-state index is 0.0286. The first kappa shape index (κ1) is 13.6. The van der Waals surface area contributed by atoms with Crippen molar-refractivity contribution in [3.8, 4) is 5.75 Å². The highest BCUT2D eigenvalue weighted by Crippen LogP contribution is 2.21. The maximum Gasteiger partial charge on any atom is 0.372 e. The fourth-order valence-corrected chi connectivity index (χ4v) is 1.82. The predicted molar refractivity (Wildman–Crippen MR) is 67.3 cm³/mol. The molecule has 0 aliphatic rings. The molecule has 0 amide bonds. The Kier molecular flexibility index (Phi) is 3.43. The van der Waals surface area contributed by atoms with E-state index in [0.717, 1.165) is 0 Å². The van der Waals surface area contributed by atoms with Crippen LogP contribution in [0.3, 0.4) is 0 Å². The number of methoxy groups -OCH3 is 1. The van der Waals surface area contributed by atoms with Crippen LogP contribution in [0, 0.1) is 0 Å². The van der Waals surface area contributed by atoms with Gasteiger partial charge in [-0.1, -0.05) is 0 Å². The van der Waals surface area contributed by atoms with Gasteiger partial charge in [-0.15, -0.1) is 0 Å². The molecule has 7 heteroatoms. The summed E-state index contributed by atoms with van der Waals surface area (Å²) in [5.74, 6) is -3.09. The molecule has 0 fully saturated rings. The molecule has 0 atom stereocenters. The van der Waals surface area contributed by atoms with Crippen LogP contribution in [0.4, 0.5) is 0 Å². The summed E-state index contributed by atoms with van der Waals surface area (Å²) in [6.07, 6.45) is -0.716. The van der Waals surface area contributed by atoms with Crippen LogP contribution in [-0.2, 0) is 11.2 Å². The summed E-state index contributed by atoms with van der Waals surface area (Å²) in [7, 11) is 1.41. The first-order valence-electron chi connectivity index (χ1n) is 5.53. The lowest BCUT2D eigenvalue weighted by atomic mass is 10.1. The molecule has 7 nitrogen and oxygen atoms in total. The molecule has 0 radical (unpaired) electrons. The number of carbonyl (C=O) groups is 2. The van der Waals surface area contributed by atoms with Crippen LogP contribution in [0.15, 0.2) is 27.4 Å². The predicted octanol–water partition coefficient (Wildman–Crippen LogP) is 1.13. The molecule has 0 saturated carbocycles. The zero-order valence-corrected chi connectivity index (χ0v) is 10.4. The number of aliphatic carboxylic acids is 1. The van der Waals surface area contributed by atoms with Crippen LogP contribution < -0.4 is 10.2 Å². The van der Waals surface area contributed by atoms with E-state index in [1.807, 2.05) is 0 Å². The number of hydrogen-bond donors (Lipinski definition) is 2. The Morgan fingerprint density at radius 3 is 2.55 bits per heavy atom. The number of aromatic carboxylic acids is 1. The molecule has 0 unspecified atom stereocenters. The number of hydrogen-bond acceptors (Lipinski definition) is 5. The molecule has 20 heavy (non-hydrogen) atoms. The summed E-state index contributed by atoms with van der Waals surface area (Å²) in [6.45, 7) is 0. The van der Waals surface area contributed by atoms with Gasteiger partial charge in [-0.25, -0.2) is 4.79 Å². The molecule has 2 N–H and O–H groups in total. The van der Waals surface area contributed by atoms with Crippen molar-refractivity contribution in [3.63, 3.8) is 0 Å². The molecule has 0 spiro atoms. The molecular formula is C13H10O7. The second kappa shape index (κ2) is 5.04. The molecule has 0 saturated heterocycles. The number of fused-ring (bicyclic) bond motifs is 1. The van der Waals surface area contributed by atoms with Gasteiger partial charge in [0.1, 0.15) is 11.3 Å². The zero-order chi connectivity index (χ0) is 14.9. The van der Waals surface area contributed by atoms with Gasteiger partial charge in [-0.2, -0.15) is 0 Å². The highest BCUT2D eigenvalue weighted by Gasteiger charge is 2.22. The average Bonchev–Trinajstić information content (AvgIpc) is 2.40. The molecular weight excluding hydrogens is 268 g/mol. The highest BCUT2D eigenvalue weighted by atomic mass is 16.5. The van der Waals surface area contributed by atoms with Crippen LogP contribution in [0.1, 0.15) is 16.1 Å². The van der Waals surface area contributed by atoms with Gasteiger partial charge in [0.25, 0.3) is 0 Å². The van der Waals surface area contributed by atoms with Crippen molar-refractivity contribution in [3.05, 3.63) is 39.7 Å². The van der Waals surface area contributed by atoms with Gasteiger partial charge in [-0.05, 0) is 12.1 Å². The molecule has 0 aliphatic heterocycles. The van der Waals surface area contributed by atoms with Crippen molar-refractivity contribution in [1.82, 2.24) is 0 Å². The third-order valence-electron chi connectivity index (χ3n) is 2.72. The molecule has 1 aromatic heterocycles. The van der Waals surface area contributed by atoms with Crippen molar-refractivity contribution < 1.29 is 29.0 Å². The van der Waals surface area contributed by atoms with E-state index in [4.69, 9.17) is 19.4 Å². The topological polar surface area (TPSA) is 114 Å². The molecule has 104 valence electrons. The van der Waals surface area contributed by atoms with Crippen LogP contribution in [0.5, 0.6) is 5.75 Å². The molecule has 2 rings (SSSR count). The van der Waals surface area contributed by atoms with Crippen LogP contribution in [-0.4, -0.2) is 29.3 Å². The van der Waals surface area contributed by atoms with Gasteiger partial charge in [0.15, 0.2) is 5.43 Å². The average molecular weight is 278 g/mol. The van der Waals surface area contributed by atoms with Gasteiger partial charge < -0.3 is 19.4 Å². The number of ether oxygens (including phenoxy) is 1. The van der Waals surface area contributed by atoms with E-state index >= 15 is 0 Å². The first-order chi connectivity index (χ1) is 9.43. The summed E-state index contributed by atoms with van der Waals surface area (Å²) in [4.78, 5) is 34.0. The minimum Gasteiger partial charge on any atom is -0.497 e. The number of carboxylic acid groups (broad SMARTS) is 2. The Balaban J connectivity index is 2.81. The summed E-state index contributed by atoms with van der Waals surface area (Å²) in [5, 5.41) is 17.9. The summed E-state index contributed by atoms with van der Waals surface area (Å²) in [6, 6.07) is 4.27. The first-order valence-corrected chi connectivity index (χ1v) is 5.53. The second-order valence-electron chi connectivity index (χ2n) is 3.98. The smallest absolute Gasteiger partial charge is 0.372 e. The number of carboxylic acids is 2. The van der Waals surface area contributed by atoms with Crippen molar-refractivity contribution in [2.75, 3.05) is 7.11 Å². The van der Waals surface area contributed by atoms with Crippen molar-refractivity contribution in [1.29, 1.82) is 0 Å². The monoisotopic (exact) mass is 278 g/mol. The Hall–Kier alpha value is -2.83. The van der Waals surface area contributed by atoms with E-state index in [9.17, 15) is 14.4 Å². The number of benzene rings is 1. The van der Waals surface area contributed by atoms with E-state index < -0.39 is 29.5 Å². The third kappa shape index (κ3) is 2.33. The van der Waals surface area contributed by atoms with E-state index in [1.54, 1.807) is 0 Å². The van der Waals surface area contributed by atoms with E-state index in [0.29, 0.717) is 5.75 Å². The van der Waals surface area contributed by atoms with E-state index in [-0.39, 0.29) is 16.5 Å². The lowest BCUT2D eigenvalue weighted by molar-refractivity contribution is -0.136. The fraction of sp³-hybridized carbons (Fsp3) is 0.154. The SMILES string of the molecule is COc1ccc2c(=O)c(CC(=O)O)c(C(=O)O)oc2c1. The zero-order valence-electron chi connectivity index (χ0n) is 10.4. The summed E-state index contributed by atoms with van der Waals surface area (Å²) in [5.41, 5.74) is -1.03. The van der Waals surface area contributed by atoms with Crippen molar-refractivity contribution in [2.24, 2.45) is 0 Å². The van der Waals surface area contributed by atoms with Crippen molar-refractivity contribution in [2.45, 2.75) is 6.42 Å². The maximum absolute atomic E-state index is 12.2. The second-order valence-corrected chi connectivity index (χ2v) is 3.98. The molecule has 0 bridgehead atoms. The quantitative estimate of drug-likeness (QED) is 0.861. The van der Waals surface area contributed by atoms with Crippen LogP contribution in [0.2, 0.25) is 0 Å². The minimum atomic E-state index is -1.50. The molecule has 1 heterocycles. The molecule has 0 aliphatic carbocycles. The lowest BCUT2D eigenvalue weighted by Crippen LogP contribution is -2.19. The largest absolute Gasteiger partial charge is 0.497 e. The van der Waals surface area contributed by atoms with Crippen LogP contribution in [0.25, 0.3) is 11.0 Å². The van der Waals surface area contributed by atoms with Crippen LogP contribution >= 0.6 is 0 Å². The Labute approximate surface area is 112 Å². The van der Waals surface area contributed by atoms with E-state index in [1.165, 1.54) is 25.3 Å². The summed E-state index contributed by atoms with van der Waals surface area (Å²) < 4.78 is 10.1. The van der Waals surface area contributed by atoms with Gasteiger partial charge in [0.05, 0.1) is 24.5 Å². The maximum atomic E-state index is 12.2. The standard InChI is InChI=1S/C13H10O7/c1-19-6-2-3-7-9(4-6)20-12(13(17)18)8(11(7)16)5-10(14)15/h2-4H,5H2,1H3,(H,14,15)(H,17,18). The summed E-state index contributed by atoms with van der Waals surface area (Å²) >= 11 is 0. The van der Waals surface area contributed by atoms with Gasteiger partial charge in [0, 0.05) is 6.07 Å². The lowest BCUT2D eigenvalue weighted by Gasteiger charge is -2.06. The van der Waals surface area contributed by atoms with Gasteiger partial charge >= 0.3 is 11.9 Å². The Morgan fingerprint density at radius 2 is 2.00 bits per heavy atom. The Morgan fingerprint density at radius 1 is 1.30 bits per heavy atom. The Bertz CT molecular complexity index is 757. The highest BCUT2D eigenvalue weighted by molar-refractivity contribution is 5.91. The third-order valence-corrected chi connectivity index (χ3v) is 2.72. The number of rotatable bonds is 4. The fourth-order valence-electron chi connectivity index (χ4n) is 1.82. The molecule has 2 aromatic rings. The van der Waals surface area contributed by atoms with Gasteiger partial charge in [-0.3, -0.25) is 9.59 Å². The normalized spacial score (nSPS) is 10.4.